The minimum Gasteiger partial charge on any atom is -0.389 e. The number of nitrogens with two attached hydrogens (primary N) is 1. The number of rotatable bonds is 5. The number of piperidine rings is 1. The first kappa shape index (κ1) is 21.1. The van der Waals surface area contributed by atoms with Crippen LogP contribution in [0.3, 0.4) is 0 Å². The standard InChI is InChI=1S/C21H28F3N5O/c1-11(2)29-17(18-13-8-28(9-14(13)18)10-20(3,4)30)6-16(27-29)12-5-15(21(22,23)24)19(25)26-7-12/h5-7,11,13-14,18,30H,8-10H2,1-4H3,(H2,25,26). The van der Waals surface area contributed by atoms with Gasteiger partial charge in [-0.2, -0.15) is 18.3 Å². The minimum atomic E-state index is -4.56. The van der Waals surface area contributed by atoms with Crippen LogP contribution in [0.2, 0.25) is 0 Å². The van der Waals surface area contributed by atoms with E-state index < -0.39 is 23.2 Å². The van der Waals surface area contributed by atoms with E-state index in [9.17, 15) is 18.3 Å². The van der Waals surface area contributed by atoms with Crippen LogP contribution in [0, 0.1) is 11.8 Å². The molecule has 0 radical (unpaired) electrons. The van der Waals surface area contributed by atoms with E-state index in [2.05, 4.69) is 15.0 Å². The smallest absolute Gasteiger partial charge is 0.389 e. The Morgan fingerprint density at radius 3 is 2.37 bits per heavy atom. The van der Waals surface area contributed by atoms with Crippen molar-refractivity contribution in [1.82, 2.24) is 19.7 Å². The average Bonchev–Trinajstić information content (AvgIpc) is 2.95. The van der Waals surface area contributed by atoms with Gasteiger partial charge in [0.1, 0.15) is 5.82 Å². The van der Waals surface area contributed by atoms with Gasteiger partial charge in [-0.15, -0.1) is 0 Å². The van der Waals surface area contributed by atoms with Crippen molar-refractivity contribution in [3.05, 3.63) is 29.6 Å². The number of halogens is 3. The Labute approximate surface area is 173 Å². The van der Waals surface area contributed by atoms with Crippen molar-refractivity contribution in [2.75, 3.05) is 25.4 Å². The summed E-state index contributed by atoms with van der Waals surface area (Å²) >= 11 is 0. The number of fused-ring (bicyclic) bond motifs is 1. The normalized spacial score (nSPS) is 24.5. The Morgan fingerprint density at radius 2 is 1.83 bits per heavy atom. The van der Waals surface area contributed by atoms with E-state index >= 15 is 0 Å². The van der Waals surface area contributed by atoms with Crippen LogP contribution in [0.4, 0.5) is 19.0 Å². The number of nitrogens with zero attached hydrogens (tertiary/aromatic N) is 4. The fraction of sp³-hybridized carbons (Fsp3) is 0.619. The second kappa shape index (κ2) is 6.95. The van der Waals surface area contributed by atoms with Crippen LogP contribution in [-0.2, 0) is 6.18 Å². The Bertz CT molecular complexity index is 935. The van der Waals surface area contributed by atoms with Crippen LogP contribution in [0.25, 0.3) is 11.3 Å². The van der Waals surface area contributed by atoms with Gasteiger partial charge in [-0.1, -0.05) is 0 Å². The lowest BCUT2D eigenvalue weighted by Gasteiger charge is -2.27. The highest BCUT2D eigenvalue weighted by atomic mass is 19.4. The third kappa shape index (κ3) is 3.92. The van der Waals surface area contributed by atoms with E-state index in [-0.39, 0.29) is 6.04 Å². The van der Waals surface area contributed by atoms with Crippen molar-refractivity contribution in [3.63, 3.8) is 0 Å². The van der Waals surface area contributed by atoms with E-state index in [4.69, 9.17) is 5.73 Å². The summed E-state index contributed by atoms with van der Waals surface area (Å²) in [5.41, 5.74) is 5.62. The monoisotopic (exact) mass is 423 g/mol. The number of alkyl halides is 3. The number of likely N-dealkylation sites (tertiary alicyclic amines) is 1. The van der Waals surface area contributed by atoms with E-state index in [1.807, 2.05) is 38.4 Å². The number of β-amino-alcohol motifs (C(OH)–C–C–N with tert-alkyl or cyclic N) is 1. The van der Waals surface area contributed by atoms with Gasteiger partial charge in [-0.05, 0) is 51.7 Å². The van der Waals surface area contributed by atoms with Crippen molar-refractivity contribution >= 4 is 5.82 Å². The van der Waals surface area contributed by atoms with Crippen LogP contribution in [-0.4, -0.2) is 50.0 Å². The van der Waals surface area contributed by atoms with Gasteiger partial charge < -0.3 is 10.8 Å². The zero-order chi connectivity index (χ0) is 22.0. The second-order valence-electron chi connectivity index (χ2n) is 9.51. The highest BCUT2D eigenvalue weighted by Crippen LogP contribution is 2.58. The molecule has 2 unspecified atom stereocenters. The summed E-state index contributed by atoms with van der Waals surface area (Å²) in [6.45, 7) is 10.1. The number of nitrogen functional groups attached to an aromatic ring is 1. The summed E-state index contributed by atoms with van der Waals surface area (Å²) in [5, 5.41) is 14.7. The molecule has 1 saturated heterocycles. The maximum atomic E-state index is 13.2. The molecule has 0 spiro atoms. The summed E-state index contributed by atoms with van der Waals surface area (Å²) < 4.78 is 41.6. The summed E-state index contributed by atoms with van der Waals surface area (Å²) in [6, 6.07) is 3.01. The molecule has 0 amide bonds. The molecule has 9 heteroatoms. The molecule has 6 nitrogen and oxygen atoms in total. The molecule has 0 aromatic carbocycles. The van der Waals surface area contributed by atoms with Crippen LogP contribution >= 0.6 is 0 Å². The fourth-order valence-corrected chi connectivity index (χ4v) is 4.78. The second-order valence-corrected chi connectivity index (χ2v) is 9.51. The molecule has 3 N–H and O–H groups in total. The lowest BCUT2D eigenvalue weighted by atomic mass is 10.1. The molecule has 1 aliphatic carbocycles. The third-order valence-electron chi connectivity index (χ3n) is 6.00. The van der Waals surface area contributed by atoms with Crippen LogP contribution in [0.5, 0.6) is 0 Å². The Balaban J connectivity index is 1.60. The molecule has 2 aliphatic rings. The zero-order valence-corrected chi connectivity index (χ0v) is 17.6. The predicted molar refractivity (Wildman–Crippen MR) is 108 cm³/mol. The molecular formula is C21H28F3N5O. The first-order valence-electron chi connectivity index (χ1n) is 10.2. The van der Waals surface area contributed by atoms with Gasteiger partial charge in [-0.25, -0.2) is 4.98 Å². The maximum Gasteiger partial charge on any atom is 0.419 e. The quantitative estimate of drug-likeness (QED) is 0.769. The molecule has 1 aliphatic heterocycles. The van der Waals surface area contributed by atoms with Gasteiger partial charge in [0.15, 0.2) is 0 Å². The van der Waals surface area contributed by atoms with Crippen LogP contribution in [0.15, 0.2) is 18.3 Å². The maximum absolute atomic E-state index is 13.2. The molecule has 0 bridgehead atoms. The van der Waals surface area contributed by atoms with Crippen molar-refractivity contribution in [1.29, 1.82) is 0 Å². The number of aliphatic hydroxyl groups is 1. The lowest BCUT2D eigenvalue weighted by molar-refractivity contribution is -0.137. The summed E-state index contributed by atoms with van der Waals surface area (Å²) in [7, 11) is 0. The highest BCUT2D eigenvalue weighted by molar-refractivity contribution is 5.63. The van der Waals surface area contributed by atoms with Crippen molar-refractivity contribution in [3.8, 4) is 11.3 Å². The molecule has 2 aromatic heterocycles. The third-order valence-corrected chi connectivity index (χ3v) is 6.00. The predicted octanol–water partition coefficient (Wildman–Crippen LogP) is 3.54. The van der Waals surface area contributed by atoms with Gasteiger partial charge >= 0.3 is 6.18 Å². The van der Waals surface area contributed by atoms with Crippen molar-refractivity contribution < 1.29 is 18.3 Å². The number of hydrogen-bond donors (Lipinski definition) is 2. The van der Waals surface area contributed by atoms with Crippen LogP contribution in [0.1, 0.15) is 50.9 Å². The van der Waals surface area contributed by atoms with Crippen molar-refractivity contribution in [2.45, 2.75) is 51.4 Å². The Kier molecular flexibility index (Phi) is 4.89. The number of aromatic nitrogens is 3. The van der Waals surface area contributed by atoms with E-state index in [0.717, 1.165) is 24.8 Å². The largest absolute Gasteiger partial charge is 0.419 e. The lowest BCUT2D eigenvalue weighted by Crippen LogP contribution is -2.38. The molecule has 2 fully saturated rings. The molecule has 164 valence electrons. The van der Waals surface area contributed by atoms with Gasteiger partial charge in [-0.3, -0.25) is 9.58 Å². The highest BCUT2D eigenvalue weighted by Gasteiger charge is 2.57. The fourth-order valence-electron chi connectivity index (χ4n) is 4.78. The summed E-state index contributed by atoms with van der Waals surface area (Å²) in [4.78, 5) is 6.03. The van der Waals surface area contributed by atoms with E-state index in [0.29, 0.717) is 35.6 Å². The average molecular weight is 423 g/mol. The van der Waals surface area contributed by atoms with E-state index in [1.54, 1.807) is 0 Å². The molecule has 4 rings (SSSR count). The van der Waals surface area contributed by atoms with Gasteiger partial charge in [0, 0.05) is 49.0 Å². The molecular weight excluding hydrogens is 395 g/mol. The van der Waals surface area contributed by atoms with Gasteiger partial charge in [0.25, 0.3) is 0 Å². The summed E-state index contributed by atoms with van der Waals surface area (Å²) in [5.74, 6) is 0.795. The number of anilines is 1. The SMILES string of the molecule is CC(C)n1nc(-c2cnc(N)c(C(F)(F)F)c2)cc1C1C2CN(CC(C)(C)O)CC21. The first-order valence-corrected chi connectivity index (χ1v) is 10.2. The molecule has 3 heterocycles. The first-order chi connectivity index (χ1) is 13.8. The number of pyridine rings is 1. The summed E-state index contributed by atoms with van der Waals surface area (Å²) in [6.07, 6.45) is -3.21. The Morgan fingerprint density at radius 1 is 1.20 bits per heavy atom. The Hall–Kier alpha value is -2.13. The van der Waals surface area contributed by atoms with Crippen LogP contribution < -0.4 is 5.73 Å². The topological polar surface area (TPSA) is 80.2 Å². The molecule has 30 heavy (non-hydrogen) atoms. The molecule has 2 aromatic rings. The molecule has 1 saturated carbocycles. The van der Waals surface area contributed by atoms with Gasteiger partial charge in [0.2, 0.25) is 0 Å². The van der Waals surface area contributed by atoms with Gasteiger partial charge in [0.05, 0.1) is 16.9 Å². The van der Waals surface area contributed by atoms with E-state index in [1.165, 1.54) is 6.20 Å². The zero-order valence-electron chi connectivity index (χ0n) is 17.6. The van der Waals surface area contributed by atoms with Crippen molar-refractivity contribution in [2.24, 2.45) is 11.8 Å². The minimum absolute atomic E-state index is 0.0892. The number of hydrogen-bond acceptors (Lipinski definition) is 5. The molecule has 2 atom stereocenters.